The summed E-state index contributed by atoms with van der Waals surface area (Å²) in [5.41, 5.74) is 2.95. The molecule has 2 N–H and O–H groups in total. The number of aromatic nitrogens is 1. The molecule has 0 saturated carbocycles. The van der Waals surface area contributed by atoms with Crippen LogP contribution in [0.15, 0.2) is 55.1 Å². The lowest BCUT2D eigenvalue weighted by Crippen LogP contribution is -2.24. The highest BCUT2D eigenvalue weighted by Gasteiger charge is 2.18. The highest BCUT2D eigenvalue weighted by molar-refractivity contribution is 9.10. The Kier molecular flexibility index (Phi) is 5.97. The van der Waals surface area contributed by atoms with E-state index in [0.29, 0.717) is 20.1 Å². The topological polar surface area (TPSA) is 83.7 Å². The van der Waals surface area contributed by atoms with Crippen LogP contribution in [-0.4, -0.2) is 21.8 Å². The summed E-state index contributed by atoms with van der Waals surface area (Å²) in [5.74, 6) is -0.724. The Morgan fingerprint density at radius 1 is 1.27 bits per heavy atom. The lowest BCUT2D eigenvalue weighted by molar-refractivity contribution is -0.116. The van der Waals surface area contributed by atoms with Gasteiger partial charge in [0.15, 0.2) is 0 Å². The van der Waals surface area contributed by atoms with Gasteiger partial charge in [-0.25, -0.2) is 0 Å². The lowest BCUT2D eigenvalue weighted by Gasteiger charge is -2.07. The number of allylic oxidation sites excluding steroid dienone is 1. The predicted molar refractivity (Wildman–Crippen MR) is 128 cm³/mol. The Morgan fingerprint density at radius 2 is 2.07 bits per heavy atom. The van der Waals surface area contributed by atoms with Crippen molar-refractivity contribution in [3.05, 3.63) is 70.5 Å². The van der Waals surface area contributed by atoms with Crippen LogP contribution in [0.4, 0.5) is 11.4 Å². The van der Waals surface area contributed by atoms with Gasteiger partial charge in [0, 0.05) is 32.0 Å². The third-order valence-corrected chi connectivity index (χ3v) is 6.94. The van der Waals surface area contributed by atoms with Crippen LogP contribution in [0.1, 0.15) is 10.4 Å². The number of halogens is 3. The van der Waals surface area contributed by atoms with E-state index in [-0.39, 0.29) is 12.4 Å². The van der Waals surface area contributed by atoms with Crippen molar-refractivity contribution in [2.24, 2.45) is 4.99 Å². The molecule has 1 aromatic heterocycles. The predicted octanol–water partition coefficient (Wildman–Crippen LogP) is 5.69. The van der Waals surface area contributed by atoms with Crippen LogP contribution < -0.4 is 10.2 Å². The minimum Gasteiger partial charge on any atom is -0.493 e. The molecule has 6 nitrogen and oxygen atoms in total. The fourth-order valence-electron chi connectivity index (χ4n) is 2.88. The maximum atomic E-state index is 12.4. The summed E-state index contributed by atoms with van der Waals surface area (Å²) in [6.07, 6.45) is 3.36. The number of benzene rings is 2. The highest BCUT2D eigenvalue weighted by atomic mass is 79.9. The van der Waals surface area contributed by atoms with Crippen molar-refractivity contribution in [2.45, 2.75) is 6.54 Å². The van der Waals surface area contributed by atoms with Gasteiger partial charge in [-0.3, -0.25) is 19.1 Å². The van der Waals surface area contributed by atoms with Crippen LogP contribution in [0.5, 0.6) is 5.88 Å². The molecule has 0 saturated heterocycles. The second kappa shape index (κ2) is 8.50. The lowest BCUT2D eigenvalue weighted by atomic mass is 10.1. The first kappa shape index (κ1) is 21.0. The largest absolute Gasteiger partial charge is 0.493 e. The number of hydrogen-bond acceptors (Lipinski definition) is 5. The van der Waals surface area contributed by atoms with E-state index < -0.39 is 10.8 Å². The van der Waals surface area contributed by atoms with Crippen molar-refractivity contribution in [3.63, 3.8) is 0 Å². The molecule has 2 aromatic carbocycles. The van der Waals surface area contributed by atoms with Crippen LogP contribution >= 0.6 is 54.8 Å². The third-order valence-electron chi connectivity index (χ3n) is 4.30. The van der Waals surface area contributed by atoms with Gasteiger partial charge in [0.2, 0.25) is 11.8 Å². The molecule has 30 heavy (non-hydrogen) atoms. The average Bonchev–Trinajstić information content (AvgIpc) is 3.20. The number of amides is 1. The molecule has 0 bridgehead atoms. The minimum atomic E-state index is -0.459. The van der Waals surface area contributed by atoms with E-state index in [2.05, 4.69) is 42.2 Å². The van der Waals surface area contributed by atoms with E-state index >= 15 is 0 Å². The fourth-order valence-corrected chi connectivity index (χ4v) is 4.51. The molecule has 10 heteroatoms. The standard InChI is InChI=1S/C20H12Br2ClN3O3S/c21-11-1-4-16-13(6-11)10(8-24-16)5-17-19(28)26(20(29)30-17)9-18(27)25-12-2-3-14(22)15(23)7-12/h1-8,28H,9H2,(H,25,27). The molecule has 0 fully saturated rings. The van der Waals surface area contributed by atoms with Crippen LogP contribution in [0.25, 0.3) is 11.6 Å². The van der Waals surface area contributed by atoms with Gasteiger partial charge in [-0.1, -0.05) is 38.9 Å². The summed E-state index contributed by atoms with van der Waals surface area (Å²) in [6.45, 7) is -0.325. The summed E-state index contributed by atoms with van der Waals surface area (Å²) in [5, 5.41) is 13.6. The molecule has 4 rings (SSSR count). The normalized spacial score (nSPS) is 13.6. The summed E-state index contributed by atoms with van der Waals surface area (Å²) >= 11 is 13.6. The molecule has 0 radical (unpaired) electrons. The van der Waals surface area contributed by atoms with Crippen molar-refractivity contribution in [1.82, 2.24) is 4.57 Å². The molecule has 0 spiro atoms. The number of rotatable bonds is 4. The first-order valence-electron chi connectivity index (χ1n) is 8.55. The van der Waals surface area contributed by atoms with Gasteiger partial charge in [0.25, 0.3) is 0 Å². The van der Waals surface area contributed by atoms with E-state index in [1.807, 2.05) is 18.2 Å². The first-order valence-corrected chi connectivity index (χ1v) is 11.3. The van der Waals surface area contributed by atoms with Crippen molar-refractivity contribution in [3.8, 4) is 5.88 Å². The zero-order valence-corrected chi connectivity index (χ0v) is 19.8. The van der Waals surface area contributed by atoms with E-state index in [0.717, 1.165) is 37.2 Å². The van der Waals surface area contributed by atoms with E-state index in [9.17, 15) is 14.7 Å². The Bertz CT molecular complexity index is 1300. The minimum absolute atomic E-state index is 0.265. The number of aromatic hydroxyl groups is 1. The maximum Gasteiger partial charge on any atom is 0.311 e. The van der Waals surface area contributed by atoms with E-state index in [1.165, 1.54) is 0 Å². The van der Waals surface area contributed by atoms with Gasteiger partial charge in [-0.2, -0.15) is 0 Å². The molecule has 0 aliphatic carbocycles. The second-order valence-corrected chi connectivity index (χ2v) is 9.51. The molecule has 0 atom stereocenters. The highest BCUT2D eigenvalue weighted by Crippen LogP contribution is 2.36. The van der Waals surface area contributed by atoms with E-state index in [4.69, 9.17) is 11.6 Å². The average molecular weight is 570 g/mol. The Balaban J connectivity index is 1.57. The van der Waals surface area contributed by atoms with E-state index in [1.54, 1.807) is 30.5 Å². The smallest absolute Gasteiger partial charge is 0.311 e. The van der Waals surface area contributed by atoms with Crippen LogP contribution in [0.2, 0.25) is 5.02 Å². The monoisotopic (exact) mass is 567 g/mol. The zero-order chi connectivity index (χ0) is 21.4. The molecule has 1 amide bonds. The number of thiazole rings is 1. The molecular weight excluding hydrogens is 558 g/mol. The summed E-state index contributed by atoms with van der Waals surface area (Å²) in [4.78, 5) is 29.0. The van der Waals surface area contributed by atoms with Crippen molar-refractivity contribution >= 4 is 89.9 Å². The number of hydrogen-bond donors (Lipinski definition) is 2. The van der Waals surface area contributed by atoms with Crippen molar-refractivity contribution < 1.29 is 9.90 Å². The molecule has 2 heterocycles. The Labute approximate surface area is 196 Å². The Hall–Kier alpha value is -2.20. The number of carbonyl (C=O) groups is 1. The number of aliphatic imine (C=N–C) groups is 1. The quantitative estimate of drug-likeness (QED) is 0.424. The number of fused-ring (bicyclic) bond motifs is 1. The van der Waals surface area contributed by atoms with Gasteiger partial charge in [-0.05, 0) is 58.4 Å². The second-order valence-electron chi connectivity index (χ2n) is 6.34. The summed E-state index contributed by atoms with van der Waals surface area (Å²) < 4.78 is 2.63. The number of nitrogens with one attached hydrogen (secondary N) is 1. The van der Waals surface area contributed by atoms with Gasteiger partial charge in [0.1, 0.15) is 6.54 Å². The molecule has 1 aliphatic heterocycles. The maximum absolute atomic E-state index is 12.4. The van der Waals surface area contributed by atoms with Crippen LogP contribution in [-0.2, 0) is 11.3 Å². The SMILES string of the molecule is O=C(Cn1c(O)c(C=C2C=Nc3ccc(Br)cc32)sc1=O)Nc1ccc(Br)c(Cl)c1. The Morgan fingerprint density at radius 3 is 2.83 bits per heavy atom. The third kappa shape index (κ3) is 4.29. The van der Waals surface area contributed by atoms with Gasteiger partial charge in [0.05, 0.1) is 15.6 Å². The molecule has 1 aliphatic rings. The van der Waals surface area contributed by atoms with Gasteiger partial charge >= 0.3 is 4.87 Å². The summed E-state index contributed by atoms with van der Waals surface area (Å²) in [6, 6.07) is 10.7. The van der Waals surface area contributed by atoms with Gasteiger partial charge < -0.3 is 10.4 Å². The van der Waals surface area contributed by atoms with Crippen molar-refractivity contribution in [2.75, 3.05) is 5.32 Å². The summed E-state index contributed by atoms with van der Waals surface area (Å²) in [7, 11) is 0. The van der Waals surface area contributed by atoms with Crippen molar-refractivity contribution in [1.29, 1.82) is 0 Å². The fraction of sp³-hybridized carbons (Fsp3) is 0.0500. The molecular formula is C20H12Br2ClN3O3S. The molecule has 0 unspecified atom stereocenters. The molecule has 3 aromatic rings. The van der Waals surface area contributed by atoms with Gasteiger partial charge in [-0.15, -0.1) is 0 Å². The molecule has 152 valence electrons. The van der Waals surface area contributed by atoms with Crippen LogP contribution in [0.3, 0.4) is 0 Å². The number of nitrogens with zero attached hydrogens (tertiary/aromatic N) is 2. The van der Waals surface area contributed by atoms with Crippen LogP contribution in [0, 0.1) is 0 Å². The number of carbonyl (C=O) groups excluding carboxylic acids is 1. The zero-order valence-electron chi connectivity index (χ0n) is 15.0. The number of anilines is 1. The first-order chi connectivity index (χ1) is 14.3.